The van der Waals surface area contributed by atoms with Gasteiger partial charge in [0.15, 0.2) is 5.78 Å². The number of Topliss-reactive ketones (excluding diaryl/α,β-unsaturated/α-hetero) is 1. The Kier molecular flexibility index (Phi) is 3.21. The number of likely N-dealkylation sites (tertiary alicyclic amines) is 1. The molecule has 1 aliphatic heterocycles. The van der Waals surface area contributed by atoms with Crippen molar-refractivity contribution in [1.82, 2.24) is 4.90 Å². The van der Waals surface area contributed by atoms with Gasteiger partial charge in [-0.3, -0.25) is 9.69 Å². The van der Waals surface area contributed by atoms with E-state index < -0.39 is 23.7 Å². The first-order chi connectivity index (χ1) is 7.20. The number of rotatable bonds is 1. The summed E-state index contributed by atoms with van der Waals surface area (Å²) in [5.74, 6) is -0.931. The Morgan fingerprint density at radius 1 is 1.44 bits per heavy atom. The average Bonchev–Trinajstić information content (AvgIpc) is 2.44. The Morgan fingerprint density at radius 2 is 2.00 bits per heavy atom. The van der Waals surface area contributed by atoms with Crippen LogP contribution in [0, 0.1) is 0 Å². The number of nitrogens with zero attached hydrogens (tertiary/aromatic N) is 1. The van der Waals surface area contributed by atoms with E-state index in [1.807, 2.05) is 0 Å². The van der Waals surface area contributed by atoms with E-state index in [0.717, 1.165) is 4.90 Å². The molecule has 0 bridgehead atoms. The van der Waals surface area contributed by atoms with Crippen molar-refractivity contribution in [1.29, 1.82) is 0 Å². The zero-order valence-electron chi connectivity index (χ0n) is 9.52. The van der Waals surface area contributed by atoms with E-state index in [-0.39, 0.29) is 18.7 Å². The van der Waals surface area contributed by atoms with Gasteiger partial charge in [0, 0.05) is 6.42 Å². The molecule has 0 radical (unpaired) electrons. The molecule has 0 unspecified atom stereocenters. The van der Waals surface area contributed by atoms with Crippen LogP contribution in [0.2, 0.25) is 0 Å². The molecule has 90 valence electrons. The highest BCUT2D eigenvalue weighted by Crippen LogP contribution is 2.19. The first-order valence-electron chi connectivity index (χ1n) is 4.95. The highest BCUT2D eigenvalue weighted by atomic mass is 16.6. The summed E-state index contributed by atoms with van der Waals surface area (Å²) in [6, 6.07) is -0.996. The highest BCUT2D eigenvalue weighted by molar-refractivity contribution is 5.95. The third-order valence-corrected chi connectivity index (χ3v) is 2.07. The summed E-state index contributed by atoms with van der Waals surface area (Å²) >= 11 is 0. The largest absolute Gasteiger partial charge is 0.465 e. The number of hydrogen-bond acceptors (Lipinski definition) is 4. The molecular weight excluding hydrogens is 214 g/mol. The molecule has 6 nitrogen and oxygen atoms in total. The smallest absolute Gasteiger partial charge is 0.408 e. The van der Waals surface area contributed by atoms with Crippen molar-refractivity contribution >= 4 is 17.8 Å². The predicted octanol–water partition coefficient (Wildman–Crippen LogP) is 0.650. The molecule has 6 heteroatoms. The molecule has 1 atom stereocenters. The molecule has 16 heavy (non-hydrogen) atoms. The van der Waals surface area contributed by atoms with Crippen LogP contribution < -0.4 is 0 Å². The molecule has 0 aromatic carbocycles. The molecule has 1 aliphatic rings. The second-order valence-corrected chi connectivity index (χ2v) is 4.70. The van der Waals surface area contributed by atoms with Gasteiger partial charge in [-0.05, 0) is 20.8 Å². The molecule has 0 aliphatic carbocycles. The van der Waals surface area contributed by atoms with E-state index in [0.29, 0.717) is 0 Å². The van der Waals surface area contributed by atoms with Crippen LogP contribution in [-0.4, -0.2) is 46.0 Å². The molecule has 1 rings (SSSR count). The quantitative estimate of drug-likeness (QED) is 0.667. The lowest BCUT2D eigenvalue weighted by Gasteiger charge is -2.25. The topological polar surface area (TPSA) is 83.9 Å². The summed E-state index contributed by atoms with van der Waals surface area (Å²) in [5, 5.41) is 8.81. The summed E-state index contributed by atoms with van der Waals surface area (Å²) in [4.78, 5) is 34.4. The number of esters is 1. The third kappa shape index (κ3) is 2.95. The predicted molar refractivity (Wildman–Crippen MR) is 54.0 cm³/mol. The van der Waals surface area contributed by atoms with Crippen LogP contribution in [0.4, 0.5) is 4.79 Å². The number of amides is 1. The number of carbonyl (C=O) groups excluding carboxylic acids is 2. The van der Waals surface area contributed by atoms with Crippen LogP contribution in [-0.2, 0) is 14.3 Å². The number of ketones is 1. The van der Waals surface area contributed by atoms with Gasteiger partial charge in [-0.2, -0.15) is 0 Å². The van der Waals surface area contributed by atoms with Crippen molar-refractivity contribution in [3.05, 3.63) is 0 Å². The van der Waals surface area contributed by atoms with E-state index in [2.05, 4.69) is 0 Å². The SMILES string of the molecule is CC(C)(C)OC(=O)[C@@H]1CC(=O)CN1C(=O)O. The third-order valence-electron chi connectivity index (χ3n) is 2.07. The molecule has 0 aromatic heterocycles. The van der Waals surface area contributed by atoms with E-state index in [1.54, 1.807) is 20.8 Å². The van der Waals surface area contributed by atoms with Crippen molar-refractivity contribution in [2.24, 2.45) is 0 Å². The fraction of sp³-hybridized carbons (Fsp3) is 0.700. The molecule has 1 N–H and O–H groups in total. The fourth-order valence-corrected chi connectivity index (χ4v) is 1.47. The highest BCUT2D eigenvalue weighted by Gasteiger charge is 2.41. The number of carbonyl (C=O) groups is 3. The molecule has 0 spiro atoms. The van der Waals surface area contributed by atoms with E-state index in [4.69, 9.17) is 9.84 Å². The van der Waals surface area contributed by atoms with Crippen LogP contribution in [0.3, 0.4) is 0 Å². The lowest BCUT2D eigenvalue weighted by atomic mass is 10.1. The molecule has 1 saturated heterocycles. The Morgan fingerprint density at radius 3 is 2.44 bits per heavy atom. The summed E-state index contributed by atoms with van der Waals surface area (Å²) < 4.78 is 5.05. The zero-order chi connectivity index (χ0) is 12.5. The van der Waals surface area contributed by atoms with Gasteiger partial charge in [0.1, 0.15) is 11.6 Å². The van der Waals surface area contributed by atoms with Crippen LogP contribution in [0.5, 0.6) is 0 Å². The molecule has 0 aromatic rings. The van der Waals surface area contributed by atoms with Crippen molar-refractivity contribution in [3.63, 3.8) is 0 Å². The van der Waals surface area contributed by atoms with Gasteiger partial charge in [0.2, 0.25) is 0 Å². The summed E-state index contributed by atoms with van der Waals surface area (Å²) in [6.07, 6.45) is -1.37. The second kappa shape index (κ2) is 4.11. The Balaban J connectivity index is 2.75. The van der Waals surface area contributed by atoms with Gasteiger partial charge in [0.25, 0.3) is 0 Å². The van der Waals surface area contributed by atoms with Gasteiger partial charge in [-0.1, -0.05) is 0 Å². The Bertz CT molecular complexity index is 331. The van der Waals surface area contributed by atoms with Crippen LogP contribution >= 0.6 is 0 Å². The normalized spacial score (nSPS) is 21.1. The number of carboxylic acid groups (broad SMARTS) is 1. The molecule has 1 heterocycles. The van der Waals surface area contributed by atoms with Crippen LogP contribution in [0.15, 0.2) is 0 Å². The van der Waals surface area contributed by atoms with Gasteiger partial charge in [-0.25, -0.2) is 9.59 Å². The monoisotopic (exact) mass is 229 g/mol. The standard InChI is InChI=1S/C10H15NO5/c1-10(2,3)16-8(13)7-4-6(12)5-11(7)9(14)15/h7H,4-5H2,1-3H3,(H,14,15)/t7-/m0/s1. The van der Waals surface area contributed by atoms with Gasteiger partial charge < -0.3 is 9.84 Å². The number of ether oxygens (including phenoxy) is 1. The minimum absolute atomic E-state index is 0.0960. The summed E-state index contributed by atoms with van der Waals surface area (Å²) in [7, 11) is 0. The Hall–Kier alpha value is -1.59. The van der Waals surface area contributed by atoms with Crippen molar-refractivity contribution in [2.75, 3.05) is 6.54 Å². The maximum absolute atomic E-state index is 11.6. The van der Waals surface area contributed by atoms with Crippen LogP contribution in [0.25, 0.3) is 0 Å². The van der Waals surface area contributed by atoms with E-state index in [9.17, 15) is 14.4 Å². The summed E-state index contributed by atoms with van der Waals surface area (Å²) in [5.41, 5.74) is -0.688. The van der Waals surface area contributed by atoms with Crippen molar-refractivity contribution in [2.45, 2.75) is 38.8 Å². The zero-order valence-corrected chi connectivity index (χ0v) is 9.52. The minimum Gasteiger partial charge on any atom is -0.465 e. The Labute approximate surface area is 93.2 Å². The van der Waals surface area contributed by atoms with Crippen molar-refractivity contribution < 1.29 is 24.2 Å². The molecular formula is C10H15NO5. The summed E-state index contributed by atoms with van der Waals surface area (Å²) in [6.45, 7) is 4.82. The first kappa shape index (κ1) is 12.5. The lowest BCUT2D eigenvalue weighted by molar-refractivity contribution is -0.159. The second-order valence-electron chi connectivity index (χ2n) is 4.70. The van der Waals surface area contributed by atoms with E-state index >= 15 is 0 Å². The van der Waals surface area contributed by atoms with Crippen LogP contribution in [0.1, 0.15) is 27.2 Å². The average molecular weight is 229 g/mol. The molecule has 1 fully saturated rings. The first-order valence-corrected chi connectivity index (χ1v) is 4.95. The molecule has 1 amide bonds. The minimum atomic E-state index is -1.28. The van der Waals surface area contributed by atoms with E-state index in [1.165, 1.54) is 0 Å². The molecule has 0 saturated carbocycles. The van der Waals surface area contributed by atoms with Gasteiger partial charge in [-0.15, -0.1) is 0 Å². The van der Waals surface area contributed by atoms with Gasteiger partial charge in [0.05, 0.1) is 6.54 Å². The fourth-order valence-electron chi connectivity index (χ4n) is 1.47. The maximum Gasteiger partial charge on any atom is 0.408 e. The lowest BCUT2D eigenvalue weighted by Crippen LogP contribution is -2.42. The number of hydrogen-bond donors (Lipinski definition) is 1. The maximum atomic E-state index is 11.6. The van der Waals surface area contributed by atoms with Gasteiger partial charge >= 0.3 is 12.1 Å². The van der Waals surface area contributed by atoms with Crippen molar-refractivity contribution in [3.8, 4) is 0 Å².